The van der Waals surface area contributed by atoms with Gasteiger partial charge in [-0.3, -0.25) is 0 Å². The number of fused-ring (bicyclic) bond motifs is 2. The summed E-state index contributed by atoms with van der Waals surface area (Å²) in [5, 5.41) is 1.15. The number of pyridine rings is 1. The second kappa shape index (κ2) is 3.50. The van der Waals surface area contributed by atoms with Crippen LogP contribution in [0.15, 0.2) is 71.5 Å². The molecule has 4 aromatic rings. The van der Waals surface area contributed by atoms with Crippen molar-refractivity contribution in [2.45, 2.75) is 0 Å². The third kappa shape index (κ3) is 1.23. The quantitative estimate of drug-likeness (QED) is 0.477. The lowest BCUT2D eigenvalue weighted by molar-refractivity contribution is 0.616. The summed E-state index contributed by atoms with van der Waals surface area (Å²) in [6.07, 6.45) is 3.91. The van der Waals surface area contributed by atoms with Crippen LogP contribution in [0.1, 0.15) is 0 Å². The number of hydrogen-bond donors (Lipinski definition) is 0. The zero-order valence-corrected chi connectivity index (χ0v) is 9.71. The molecule has 2 heteroatoms. The predicted molar refractivity (Wildman–Crippen MR) is 72.6 cm³/mol. The van der Waals surface area contributed by atoms with E-state index in [0.29, 0.717) is 0 Å². The van der Waals surface area contributed by atoms with Gasteiger partial charge in [0.1, 0.15) is 11.8 Å². The second-order valence-corrected chi connectivity index (χ2v) is 4.36. The lowest BCUT2D eigenvalue weighted by Crippen LogP contribution is -1.85. The van der Waals surface area contributed by atoms with E-state index in [1.54, 1.807) is 0 Å². The van der Waals surface area contributed by atoms with Gasteiger partial charge in [0.25, 0.3) is 0 Å². The fourth-order valence-corrected chi connectivity index (χ4v) is 2.45. The molecule has 0 fully saturated rings. The van der Waals surface area contributed by atoms with Crippen molar-refractivity contribution < 1.29 is 4.42 Å². The lowest BCUT2D eigenvalue weighted by atomic mass is 10.1. The maximum absolute atomic E-state index is 5.61. The van der Waals surface area contributed by atoms with Crippen LogP contribution in [-0.2, 0) is 0 Å². The Morgan fingerprint density at radius 2 is 1.72 bits per heavy atom. The predicted octanol–water partition coefficient (Wildman–Crippen LogP) is 4.35. The van der Waals surface area contributed by atoms with E-state index in [1.165, 1.54) is 5.52 Å². The summed E-state index contributed by atoms with van der Waals surface area (Å²) in [5.74, 6) is 0. The molecule has 0 saturated carbocycles. The van der Waals surface area contributed by atoms with Gasteiger partial charge in [-0.05, 0) is 30.3 Å². The maximum Gasteiger partial charge on any atom is 0.134 e. The van der Waals surface area contributed by atoms with Crippen LogP contribution in [0.4, 0.5) is 0 Å². The van der Waals surface area contributed by atoms with E-state index in [1.807, 2.05) is 36.6 Å². The highest BCUT2D eigenvalue weighted by Crippen LogP contribution is 2.31. The minimum Gasteiger partial charge on any atom is -0.464 e. The summed E-state index contributed by atoms with van der Waals surface area (Å²) in [6, 6.07) is 18.6. The zero-order chi connectivity index (χ0) is 11.9. The number of nitrogens with zero attached hydrogens (tertiary/aromatic N) is 1. The first-order valence-corrected chi connectivity index (χ1v) is 5.96. The fraction of sp³-hybridized carbons (Fsp3) is 0. The highest BCUT2D eigenvalue weighted by Gasteiger charge is 2.10. The van der Waals surface area contributed by atoms with E-state index in [2.05, 4.69) is 34.9 Å². The van der Waals surface area contributed by atoms with Crippen LogP contribution in [0.25, 0.3) is 27.7 Å². The van der Waals surface area contributed by atoms with E-state index in [4.69, 9.17) is 4.42 Å². The molecule has 2 nitrogen and oxygen atoms in total. The smallest absolute Gasteiger partial charge is 0.134 e. The molecule has 0 bridgehead atoms. The van der Waals surface area contributed by atoms with Gasteiger partial charge in [0, 0.05) is 22.7 Å². The first kappa shape index (κ1) is 9.54. The summed E-state index contributed by atoms with van der Waals surface area (Å²) < 4.78 is 7.79. The van der Waals surface area contributed by atoms with Crippen molar-refractivity contribution in [3.8, 4) is 11.3 Å². The molecule has 0 spiro atoms. The van der Waals surface area contributed by atoms with Gasteiger partial charge < -0.3 is 8.82 Å². The Hall–Kier alpha value is -2.48. The number of hydrogen-bond acceptors (Lipinski definition) is 1. The minimum atomic E-state index is 0.929. The van der Waals surface area contributed by atoms with Gasteiger partial charge in [0.05, 0.1) is 5.69 Å². The first-order chi connectivity index (χ1) is 8.93. The molecule has 86 valence electrons. The van der Waals surface area contributed by atoms with Crippen molar-refractivity contribution in [3.63, 3.8) is 0 Å². The number of furan rings is 1. The number of rotatable bonds is 1. The van der Waals surface area contributed by atoms with E-state index >= 15 is 0 Å². The van der Waals surface area contributed by atoms with Gasteiger partial charge in [-0.2, -0.15) is 0 Å². The van der Waals surface area contributed by atoms with Crippen molar-refractivity contribution in [1.29, 1.82) is 0 Å². The first-order valence-electron chi connectivity index (χ1n) is 5.96. The Morgan fingerprint density at radius 1 is 0.833 bits per heavy atom. The number of para-hydroxylation sites is 1. The van der Waals surface area contributed by atoms with E-state index in [9.17, 15) is 0 Å². The van der Waals surface area contributed by atoms with Gasteiger partial charge in [-0.1, -0.05) is 24.3 Å². The molecular weight excluding hydrogens is 222 g/mol. The summed E-state index contributed by atoms with van der Waals surface area (Å²) in [4.78, 5) is 0. The summed E-state index contributed by atoms with van der Waals surface area (Å²) in [7, 11) is 0. The number of aromatic nitrogens is 1. The van der Waals surface area contributed by atoms with Crippen LogP contribution in [0.5, 0.6) is 0 Å². The SMILES string of the molecule is c1ccc2c(-c3ccc4ccccn34)coc2c1. The van der Waals surface area contributed by atoms with Crippen LogP contribution in [-0.4, -0.2) is 4.40 Å². The summed E-state index contributed by atoms with van der Waals surface area (Å²) >= 11 is 0. The average Bonchev–Trinajstić information content (AvgIpc) is 3.01. The molecule has 0 aliphatic heterocycles. The molecule has 3 heterocycles. The number of benzene rings is 1. The van der Waals surface area contributed by atoms with Crippen molar-refractivity contribution in [2.75, 3.05) is 0 Å². The Balaban J connectivity index is 2.08. The highest BCUT2D eigenvalue weighted by molar-refractivity contribution is 5.93. The van der Waals surface area contributed by atoms with Crippen LogP contribution in [0, 0.1) is 0 Å². The molecule has 0 saturated heterocycles. The molecule has 18 heavy (non-hydrogen) atoms. The lowest BCUT2D eigenvalue weighted by Gasteiger charge is -2.00. The van der Waals surface area contributed by atoms with Crippen LogP contribution in [0.3, 0.4) is 0 Å². The van der Waals surface area contributed by atoms with Crippen molar-refractivity contribution in [1.82, 2.24) is 4.40 Å². The maximum atomic E-state index is 5.61. The van der Waals surface area contributed by atoms with E-state index in [-0.39, 0.29) is 0 Å². The van der Waals surface area contributed by atoms with Gasteiger partial charge in [0.2, 0.25) is 0 Å². The molecule has 4 rings (SSSR count). The van der Waals surface area contributed by atoms with Crippen LogP contribution in [0.2, 0.25) is 0 Å². The molecular formula is C16H11NO. The standard InChI is InChI=1S/C16H11NO/c1-2-7-16-13(6-1)14(11-18-16)15-9-8-12-5-3-4-10-17(12)15/h1-11H. The molecule has 1 aromatic carbocycles. The topological polar surface area (TPSA) is 17.6 Å². The van der Waals surface area contributed by atoms with Crippen molar-refractivity contribution in [3.05, 3.63) is 67.1 Å². The van der Waals surface area contributed by atoms with Gasteiger partial charge in [-0.15, -0.1) is 0 Å². The molecule has 0 amide bonds. The minimum absolute atomic E-state index is 0.929. The van der Waals surface area contributed by atoms with Crippen molar-refractivity contribution in [2.24, 2.45) is 0 Å². The molecule has 0 unspecified atom stereocenters. The molecule has 3 aromatic heterocycles. The average molecular weight is 233 g/mol. The third-order valence-corrected chi connectivity index (χ3v) is 3.32. The van der Waals surface area contributed by atoms with E-state index < -0.39 is 0 Å². The third-order valence-electron chi connectivity index (χ3n) is 3.32. The fourth-order valence-electron chi connectivity index (χ4n) is 2.45. The Bertz CT molecular complexity index is 766. The summed E-state index contributed by atoms with van der Waals surface area (Å²) in [5.41, 5.74) is 4.42. The summed E-state index contributed by atoms with van der Waals surface area (Å²) in [6.45, 7) is 0. The van der Waals surface area contributed by atoms with Gasteiger partial charge >= 0.3 is 0 Å². The van der Waals surface area contributed by atoms with Gasteiger partial charge in [0.15, 0.2) is 0 Å². The van der Waals surface area contributed by atoms with Crippen molar-refractivity contribution >= 4 is 16.5 Å². The molecule has 0 radical (unpaired) electrons. The van der Waals surface area contributed by atoms with E-state index in [0.717, 1.165) is 22.2 Å². The monoisotopic (exact) mass is 233 g/mol. The molecule has 0 aliphatic carbocycles. The van der Waals surface area contributed by atoms with Crippen LogP contribution < -0.4 is 0 Å². The Kier molecular flexibility index (Phi) is 1.86. The zero-order valence-electron chi connectivity index (χ0n) is 9.71. The Morgan fingerprint density at radius 3 is 2.72 bits per heavy atom. The normalized spacial score (nSPS) is 11.3. The molecule has 0 aliphatic rings. The van der Waals surface area contributed by atoms with Gasteiger partial charge in [-0.25, -0.2) is 0 Å². The highest BCUT2D eigenvalue weighted by atomic mass is 16.3. The Labute approximate surface area is 104 Å². The largest absolute Gasteiger partial charge is 0.464 e. The second-order valence-electron chi connectivity index (χ2n) is 4.36. The molecule has 0 atom stereocenters. The van der Waals surface area contributed by atoms with Crippen LogP contribution >= 0.6 is 0 Å². The molecule has 0 N–H and O–H groups in total.